The molecule has 1 N–H and O–H groups in total. The van der Waals surface area contributed by atoms with E-state index in [9.17, 15) is 0 Å². The second kappa shape index (κ2) is 10.4. The van der Waals surface area contributed by atoms with Gasteiger partial charge in [0.25, 0.3) is 0 Å². The number of hydrogen-bond acceptors (Lipinski definition) is 5. The van der Waals surface area contributed by atoms with Gasteiger partial charge >= 0.3 is 0 Å². The van der Waals surface area contributed by atoms with Crippen molar-refractivity contribution in [1.82, 2.24) is 5.32 Å². The summed E-state index contributed by atoms with van der Waals surface area (Å²) < 4.78 is 22.4. The molecule has 7 heteroatoms. The molecule has 0 aliphatic carbocycles. The van der Waals surface area contributed by atoms with Crippen molar-refractivity contribution < 1.29 is 18.9 Å². The Morgan fingerprint density at radius 2 is 1.73 bits per heavy atom. The van der Waals surface area contributed by atoms with Crippen LogP contribution in [0.5, 0.6) is 23.0 Å². The van der Waals surface area contributed by atoms with Crippen LogP contribution in [-0.4, -0.2) is 13.9 Å². The van der Waals surface area contributed by atoms with Gasteiger partial charge in [0.05, 0.1) is 7.11 Å². The minimum absolute atomic E-state index is 0. The van der Waals surface area contributed by atoms with E-state index >= 15 is 0 Å². The molecule has 3 aromatic rings. The summed E-state index contributed by atoms with van der Waals surface area (Å²) in [6.45, 7) is 1.98. The van der Waals surface area contributed by atoms with E-state index in [4.69, 9.17) is 30.5 Å². The normalized spacial score (nSPS) is 11.7. The lowest BCUT2D eigenvalue weighted by atomic mass is 10.1. The first kappa shape index (κ1) is 22.1. The van der Waals surface area contributed by atoms with Crippen LogP contribution in [0.15, 0.2) is 60.7 Å². The van der Waals surface area contributed by atoms with Gasteiger partial charge in [-0.15, -0.1) is 12.4 Å². The van der Waals surface area contributed by atoms with Crippen molar-refractivity contribution in [3.8, 4) is 23.0 Å². The lowest BCUT2D eigenvalue weighted by Gasteiger charge is -2.16. The molecule has 0 spiro atoms. The molecule has 1 aliphatic heterocycles. The summed E-state index contributed by atoms with van der Waals surface area (Å²) in [5, 5.41) is 4.04. The van der Waals surface area contributed by atoms with E-state index in [1.807, 2.05) is 54.6 Å². The van der Waals surface area contributed by atoms with Crippen LogP contribution in [0.4, 0.5) is 0 Å². The molecule has 30 heavy (non-hydrogen) atoms. The van der Waals surface area contributed by atoms with Gasteiger partial charge in [-0.3, -0.25) is 0 Å². The first-order valence-electron chi connectivity index (χ1n) is 9.35. The zero-order valence-electron chi connectivity index (χ0n) is 16.5. The van der Waals surface area contributed by atoms with Crippen molar-refractivity contribution >= 4 is 24.0 Å². The first-order chi connectivity index (χ1) is 14.2. The van der Waals surface area contributed by atoms with Gasteiger partial charge in [0.15, 0.2) is 23.0 Å². The molecule has 158 valence electrons. The number of nitrogens with one attached hydrogen (secondary N) is 1. The predicted octanol–water partition coefficient (Wildman–Crippen LogP) is 5.37. The molecule has 1 aliphatic rings. The van der Waals surface area contributed by atoms with Crippen molar-refractivity contribution in [3.05, 3.63) is 82.4 Å². The fourth-order valence-electron chi connectivity index (χ4n) is 3.19. The first-order valence-corrected chi connectivity index (χ1v) is 9.73. The summed E-state index contributed by atoms with van der Waals surface area (Å²) in [4.78, 5) is 0. The summed E-state index contributed by atoms with van der Waals surface area (Å²) >= 11 is 6.28. The minimum Gasteiger partial charge on any atom is -0.493 e. The minimum atomic E-state index is 0. The third-order valence-corrected chi connectivity index (χ3v) is 4.84. The van der Waals surface area contributed by atoms with Crippen LogP contribution in [0.25, 0.3) is 0 Å². The fraction of sp³-hybridized carbons (Fsp3) is 0.217. The molecule has 0 bridgehead atoms. The lowest BCUT2D eigenvalue weighted by molar-refractivity contribution is 0.174. The van der Waals surface area contributed by atoms with Crippen molar-refractivity contribution in [2.75, 3.05) is 13.9 Å². The topological polar surface area (TPSA) is 49.0 Å². The molecular weight excluding hydrogens is 425 g/mol. The summed E-state index contributed by atoms with van der Waals surface area (Å²) in [7, 11) is 1.62. The van der Waals surface area contributed by atoms with Gasteiger partial charge < -0.3 is 24.3 Å². The second-order valence-electron chi connectivity index (χ2n) is 6.66. The van der Waals surface area contributed by atoms with Crippen molar-refractivity contribution in [2.24, 2.45) is 0 Å². The molecule has 0 saturated heterocycles. The van der Waals surface area contributed by atoms with Gasteiger partial charge in [0, 0.05) is 29.7 Å². The Hall–Kier alpha value is -2.60. The molecule has 4 rings (SSSR count). The monoisotopic (exact) mass is 447 g/mol. The SMILES string of the molecule is COc1cc(Cl)cc(CNCc2ccc3c(c2)OCO3)c1OCc1ccccc1.Cl. The number of methoxy groups -OCH3 is 1. The van der Waals surface area contributed by atoms with E-state index < -0.39 is 0 Å². The van der Waals surface area contributed by atoms with Crippen LogP contribution >= 0.6 is 24.0 Å². The third-order valence-electron chi connectivity index (χ3n) is 4.62. The highest BCUT2D eigenvalue weighted by molar-refractivity contribution is 6.30. The Morgan fingerprint density at radius 3 is 2.53 bits per heavy atom. The van der Waals surface area contributed by atoms with Gasteiger partial charge in [-0.2, -0.15) is 0 Å². The zero-order valence-corrected chi connectivity index (χ0v) is 18.1. The highest BCUT2D eigenvalue weighted by atomic mass is 35.5. The largest absolute Gasteiger partial charge is 0.493 e. The molecule has 5 nitrogen and oxygen atoms in total. The molecule has 0 unspecified atom stereocenters. The second-order valence-corrected chi connectivity index (χ2v) is 7.10. The maximum atomic E-state index is 6.28. The molecule has 0 aromatic heterocycles. The van der Waals surface area contributed by atoms with E-state index in [0.717, 1.165) is 28.2 Å². The van der Waals surface area contributed by atoms with E-state index in [1.54, 1.807) is 13.2 Å². The summed E-state index contributed by atoms with van der Waals surface area (Å²) in [5.74, 6) is 2.87. The van der Waals surface area contributed by atoms with Crippen LogP contribution in [0.3, 0.4) is 0 Å². The van der Waals surface area contributed by atoms with E-state index in [0.29, 0.717) is 36.2 Å². The maximum absolute atomic E-state index is 6.28. The molecule has 0 atom stereocenters. The van der Waals surface area contributed by atoms with Gasteiger partial charge in [0.2, 0.25) is 6.79 Å². The number of ether oxygens (including phenoxy) is 4. The molecule has 1 heterocycles. The highest BCUT2D eigenvalue weighted by Gasteiger charge is 2.15. The van der Waals surface area contributed by atoms with Crippen LogP contribution in [0, 0.1) is 0 Å². The Balaban J connectivity index is 0.00000256. The quantitative estimate of drug-likeness (QED) is 0.502. The smallest absolute Gasteiger partial charge is 0.231 e. The molecule has 0 amide bonds. The van der Waals surface area contributed by atoms with Gasteiger partial charge in [-0.1, -0.05) is 48.0 Å². The lowest BCUT2D eigenvalue weighted by Crippen LogP contribution is -2.14. The highest BCUT2D eigenvalue weighted by Crippen LogP contribution is 2.36. The Kier molecular flexibility index (Phi) is 7.69. The number of fused-ring (bicyclic) bond motifs is 1. The zero-order chi connectivity index (χ0) is 20.1. The molecule has 0 radical (unpaired) electrons. The van der Waals surface area contributed by atoms with Gasteiger partial charge in [0.1, 0.15) is 6.61 Å². The maximum Gasteiger partial charge on any atom is 0.231 e. The van der Waals surface area contributed by atoms with Crippen molar-refractivity contribution in [2.45, 2.75) is 19.7 Å². The average molecular weight is 448 g/mol. The van der Waals surface area contributed by atoms with Gasteiger partial charge in [-0.05, 0) is 29.3 Å². The van der Waals surface area contributed by atoms with Crippen LogP contribution in [0.2, 0.25) is 5.02 Å². The summed E-state index contributed by atoms with van der Waals surface area (Å²) in [6.07, 6.45) is 0. The number of halogens is 2. The van der Waals surface area contributed by atoms with Crippen LogP contribution < -0.4 is 24.3 Å². The summed E-state index contributed by atoms with van der Waals surface area (Å²) in [6, 6.07) is 19.6. The molecule has 0 fully saturated rings. The molecular formula is C23H23Cl2NO4. The van der Waals surface area contributed by atoms with E-state index in [2.05, 4.69) is 5.32 Å². The van der Waals surface area contributed by atoms with E-state index in [1.165, 1.54) is 0 Å². The number of rotatable bonds is 8. The third kappa shape index (κ3) is 5.30. The van der Waals surface area contributed by atoms with Crippen molar-refractivity contribution in [3.63, 3.8) is 0 Å². The Labute approximate surface area is 187 Å². The molecule has 0 saturated carbocycles. The standard InChI is InChI=1S/C23H22ClNO4.ClH/c1-26-22-11-19(24)10-18(23(22)27-14-16-5-3-2-4-6-16)13-25-12-17-7-8-20-21(9-17)29-15-28-20;/h2-11,25H,12-15H2,1H3;1H. The molecule has 3 aromatic carbocycles. The van der Waals surface area contributed by atoms with Crippen LogP contribution in [0.1, 0.15) is 16.7 Å². The van der Waals surface area contributed by atoms with Gasteiger partial charge in [-0.25, -0.2) is 0 Å². The Morgan fingerprint density at radius 1 is 0.933 bits per heavy atom. The fourth-order valence-corrected chi connectivity index (χ4v) is 3.42. The number of benzene rings is 3. The van der Waals surface area contributed by atoms with Crippen molar-refractivity contribution in [1.29, 1.82) is 0 Å². The summed E-state index contributed by atoms with van der Waals surface area (Å²) in [5.41, 5.74) is 3.13. The predicted molar refractivity (Wildman–Crippen MR) is 119 cm³/mol. The van der Waals surface area contributed by atoms with Crippen LogP contribution in [-0.2, 0) is 19.7 Å². The van der Waals surface area contributed by atoms with E-state index in [-0.39, 0.29) is 19.2 Å². The number of hydrogen-bond donors (Lipinski definition) is 1. The average Bonchev–Trinajstić information content (AvgIpc) is 3.21. The Bertz CT molecular complexity index is 982.